The van der Waals surface area contributed by atoms with Crippen molar-refractivity contribution in [2.75, 3.05) is 25.1 Å². The van der Waals surface area contributed by atoms with E-state index in [1.54, 1.807) is 18.2 Å². The second kappa shape index (κ2) is 9.39. The molecule has 168 valence electrons. The van der Waals surface area contributed by atoms with Gasteiger partial charge in [-0.15, -0.1) is 11.3 Å². The Kier molecular flexibility index (Phi) is 6.40. The van der Waals surface area contributed by atoms with Gasteiger partial charge in [0.05, 0.1) is 31.3 Å². The number of anilines is 1. The van der Waals surface area contributed by atoms with Crippen LogP contribution < -0.4 is 20.3 Å². The zero-order valence-corrected chi connectivity index (χ0v) is 18.6. The molecule has 0 saturated carbocycles. The van der Waals surface area contributed by atoms with Crippen LogP contribution >= 0.6 is 11.3 Å². The average molecular weight is 458 g/mol. The number of thiophene rings is 1. The van der Waals surface area contributed by atoms with Crippen molar-refractivity contribution in [2.45, 2.75) is 33.2 Å². The van der Waals surface area contributed by atoms with E-state index in [2.05, 4.69) is 10.3 Å². The van der Waals surface area contributed by atoms with Crippen molar-refractivity contribution in [1.29, 1.82) is 0 Å². The quantitative estimate of drug-likeness (QED) is 0.567. The van der Waals surface area contributed by atoms with Gasteiger partial charge in [0.15, 0.2) is 18.1 Å². The Morgan fingerprint density at radius 1 is 1.22 bits per heavy atom. The number of hydrogen-bond donors (Lipinski definition) is 1. The van der Waals surface area contributed by atoms with E-state index in [1.165, 1.54) is 22.2 Å². The average Bonchev–Trinajstić information content (AvgIpc) is 2.92. The maximum absolute atomic E-state index is 12.7. The molecule has 0 radical (unpaired) electrons. The fraction of sp³-hybridized carbons (Fsp3) is 0.364. The minimum absolute atomic E-state index is 0.0490. The van der Waals surface area contributed by atoms with Crippen LogP contribution in [0.5, 0.6) is 11.5 Å². The third-order valence-corrected chi connectivity index (χ3v) is 6.22. The number of nitrogens with one attached hydrogen (secondary N) is 1. The van der Waals surface area contributed by atoms with Crippen LogP contribution in [-0.2, 0) is 20.9 Å². The molecule has 0 atom stereocenters. The number of aryl methyl sites for hydroxylation is 3. The summed E-state index contributed by atoms with van der Waals surface area (Å²) in [4.78, 5) is 42.9. The molecule has 0 spiro atoms. The minimum Gasteiger partial charge on any atom is -0.490 e. The summed E-state index contributed by atoms with van der Waals surface area (Å²) in [6.07, 6.45) is 2.17. The summed E-state index contributed by atoms with van der Waals surface area (Å²) in [5, 5.41) is 3.24. The lowest BCUT2D eigenvalue weighted by Crippen LogP contribution is -2.24. The molecular weight excluding hydrogens is 434 g/mol. The van der Waals surface area contributed by atoms with E-state index in [0.29, 0.717) is 40.6 Å². The third-order valence-electron chi connectivity index (χ3n) is 5.11. The molecule has 0 saturated heterocycles. The number of esters is 1. The van der Waals surface area contributed by atoms with Crippen molar-refractivity contribution < 1.29 is 23.8 Å². The third kappa shape index (κ3) is 4.75. The number of hydrogen-bond acceptors (Lipinski definition) is 8. The summed E-state index contributed by atoms with van der Waals surface area (Å²) < 4.78 is 17.6. The first kappa shape index (κ1) is 21.8. The predicted octanol–water partition coefficient (Wildman–Crippen LogP) is 2.81. The topological polar surface area (TPSA) is 109 Å². The fourth-order valence-corrected chi connectivity index (χ4v) is 4.28. The number of carbonyl (C=O) groups is 2. The van der Waals surface area contributed by atoms with Crippen LogP contribution in [0, 0.1) is 13.8 Å². The van der Waals surface area contributed by atoms with Gasteiger partial charge in [0, 0.05) is 29.6 Å². The Labute approximate surface area is 187 Å². The van der Waals surface area contributed by atoms with E-state index in [4.69, 9.17) is 14.2 Å². The first-order chi connectivity index (χ1) is 15.4. The van der Waals surface area contributed by atoms with Gasteiger partial charge in [-0.2, -0.15) is 0 Å². The van der Waals surface area contributed by atoms with Crippen molar-refractivity contribution in [3.63, 3.8) is 0 Å². The Morgan fingerprint density at radius 3 is 2.81 bits per heavy atom. The first-order valence-electron chi connectivity index (χ1n) is 10.2. The number of amides is 1. The van der Waals surface area contributed by atoms with Crippen LogP contribution in [0.3, 0.4) is 0 Å². The van der Waals surface area contributed by atoms with E-state index in [1.807, 2.05) is 13.8 Å². The van der Waals surface area contributed by atoms with Gasteiger partial charge in [-0.1, -0.05) is 0 Å². The molecule has 0 bridgehead atoms. The Morgan fingerprint density at radius 2 is 2.00 bits per heavy atom. The van der Waals surface area contributed by atoms with Crippen molar-refractivity contribution >= 4 is 39.1 Å². The summed E-state index contributed by atoms with van der Waals surface area (Å²) in [6, 6.07) is 5.09. The molecule has 1 aromatic carbocycles. The maximum Gasteiger partial charge on any atom is 0.308 e. The maximum atomic E-state index is 12.7. The number of ether oxygens (including phenoxy) is 3. The molecule has 4 rings (SSSR count). The van der Waals surface area contributed by atoms with Gasteiger partial charge in [-0.25, -0.2) is 4.98 Å². The summed E-state index contributed by atoms with van der Waals surface area (Å²) in [7, 11) is 0. The Balaban J connectivity index is 1.29. The first-order valence-corrected chi connectivity index (χ1v) is 11.0. The smallest absolute Gasteiger partial charge is 0.308 e. The second-order valence-electron chi connectivity index (χ2n) is 7.38. The Hall–Kier alpha value is -3.40. The molecule has 1 amide bonds. The van der Waals surface area contributed by atoms with E-state index >= 15 is 0 Å². The monoisotopic (exact) mass is 457 g/mol. The van der Waals surface area contributed by atoms with Gasteiger partial charge in [0.1, 0.15) is 4.83 Å². The standard InChI is InChI=1S/C22H23N3O6S/c1-13-14(2)32-21-20(13)22(28)25(12-23-21)7-6-19(27)31-11-18(26)24-15-4-5-16-17(10-15)30-9-3-8-29-16/h4-5,10,12H,3,6-9,11H2,1-2H3,(H,24,26). The molecular formula is C22H23N3O6S. The number of rotatable bonds is 6. The highest BCUT2D eigenvalue weighted by Gasteiger charge is 2.15. The summed E-state index contributed by atoms with van der Waals surface area (Å²) in [6.45, 7) is 4.65. The largest absolute Gasteiger partial charge is 0.490 e. The molecule has 9 nitrogen and oxygen atoms in total. The number of aromatic nitrogens is 2. The van der Waals surface area contributed by atoms with Crippen LogP contribution in [0.4, 0.5) is 5.69 Å². The van der Waals surface area contributed by atoms with E-state index in [9.17, 15) is 14.4 Å². The predicted molar refractivity (Wildman–Crippen MR) is 120 cm³/mol. The van der Waals surface area contributed by atoms with Gasteiger partial charge >= 0.3 is 5.97 Å². The molecule has 1 aliphatic heterocycles. The fourth-order valence-electron chi connectivity index (χ4n) is 3.30. The molecule has 1 N–H and O–H groups in total. The van der Waals surface area contributed by atoms with Crippen LogP contribution in [-0.4, -0.2) is 41.2 Å². The normalized spacial score (nSPS) is 12.9. The van der Waals surface area contributed by atoms with E-state index in [-0.39, 0.29) is 18.5 Å². The van der Waals surface area contributed by atoms with Crippen molar-refractivity contribution in [2.24, 2.45) is 0 Å². The number of benzene rings is 1. The second-order valence-corrected chi connectivity index (χ2v) is 8.58. The van der Waals surface area contributed by atoms with Gasteiger partial charge in [0.25, 0.3) is 11.5 Å². The van der Waals surface area contributed by atoms with Gasteiger partial charge < -0.3 is 19.5 Å². The molecule has 0 aliphatic carbocycles. The van der Waals surface area contributed by atoms with Crippen molar-refractivity contribution in [3.8, 4) is 11.5 Å². The number of fused-ring (bicyclic) bond motifs is 2. The minimum atomic E-state index is -0.580. The molecule has 32 heavy (non-hydrogen) atoms. The van der Waals surface area contributed by atoms with Gasteiger partial charge in [-0.05, 0) is 31.5 Å². The Bertz CT molecular complexity index is 1230. The van der Waals surface area contributed by atoms with Crippen LogP contribution in [0.25, 0.3) is 10.2 Å². The van der Waals surface area contributed by atoms with Crippen LogP contribution in [0.15, 0.2) is 29.3 Å². The number of nitrogens with zero attached hydrogens (tertiary/aromatic N) is 2. The molecule has 2 aromatic heterocycles. The highest BCUT2D eigenvalue weighted by atomic mass is 32.1. The van der Waals surface area contributed by atoms with Gasteiger partial charge in [0.2, 0.25) is 0 Å². The lowest BCUT2D eigenvalue weighted by Gasteiger charge is -2.11. The van der Waals surface area contributed by atoms with Crippen molar-refractivity contribution in [3.05, 3.63) is 45.3 Å². The zero-order chi connectivity index (χ0) is 22.7. The highest BCUT2D eigenvalue weighted by Crippen LogP contribution is 2.32. The highest BCUT2D eigenvalue weighted by molar-refractivity contribution is 7.18. The van der Waals surface area contributed by atoms with E-state index < -0.39 is 18.5 Å². The molecule has 10 heteroatoms. The lowest BCUT2D eigenvalue weighted by molar-refractivity contribution is -0.147. The molecule has 3 heterocycles. The molecule has 0 fully saturated rings. The molecule has 1 aliphatic rings. The van der Waals surface area contributed by atoms with Gasteiger partial charge in [-0.3, -0.25) is 19.0 Å². The summed E-state index contributed by atoms with van der Waals surface area (Å²) in [5.41, 5.74) is 1.24. The lowest BCUT2D eigenvalue weighted by atomic mass is 10.2. The zero-order valence-electron chi connectivity index (χ0n) is 17.8. The van der Waals surface area contributed by atoms with Crippen LogP contribution in [0.2, 0.25) is 0 Å². The van der Waals surface area contributed by atoms with Crippen molar-refractivity contribution in [1.82, 2.24) is 9.55 Å². The molecule has 0 unspecified atom stereocenters. The molecule has 3 aromatic rings. The summed E-state index contributed by atoms with van der Waals surface area (Å²) >= 11 is 1.47. The summed E-state index contributed by atoms with van der Waals surface area (Å²) in [5.74, 6) is 0.133. The van der Waals surface area contributed by atoms with Crippen LogP contribution in [0.1, 0.15) is 23.3 Å². The SMILES string of the molecule is Cc1sc2ncn(CCC(=O)OCC(=O)Nc3ccc4c(c3)OCCCO4)c(=O)c2c1C. The van der Waals surface area contributed by atoms with E-state index in [0.717, 1.165) is 16.9 Å². The number of carbonyl (C=O) groups excluding carboxylic acids is 2.